The van der Waals surface area contributed by atoms with Crippen LogP contribution in [0.5, 0.6) is 0 Å². The van der Waals surface area contributed by atoms with E-state index in [9.17, 15) is 105 Å². The van der Waals surface area contributed by atoms with E-state index in [1.807, 2.05) is 0 Å². The minimum atomic E-state index is -4.89. The predicted molar refractivity (Wildman–Crippen MR) is 312 cm³/mol. The molecule has 8 rings (SSSR count). The van der Waals surface area contributed by atoms with Crippen LogP contribution in [0.1, 0.15) is 103 Å². The molecule has 8 heterocycles. The summed E-state index contributed by atoms with van der Waals surface area (Å²) in [5, 5.41) is 174. The topological polar surface area (TPSA) is 489 Å². The average Bonchev–Trinajstić information content (AvgIpc) is 0.811. The van der Waals surface area contributed by atoms with Gasteiger partial charge in [0.15, 0.2) is 0 Å². The van der Waals surface area contributed by atoms with Gasteiger partial charge in [-0.15, -0.1) is 94.2 Å². The normalized spacial score (nSPS) is 26.5. The predicted octanol–water partition coefficient (Wildman–Crippen LogP) is 6.83. The molecule has 630 valence electrons. The third-order valence-electron chi connectivity index (χ3n) is 13.8. The van der Waals surface area contributed by atoms with Crippen molar-refractivity contribution < 1.29 is 298 Å². The van der Waals surface area contributed by atoms with Crippen molar-refractivity contribution >= 4 is 0 Å². The summed E-state index contributed by atoms with van der Waals surface area (Å²) in [6, 6.07) is 1.76. The summed E-state index contributed by atoms with van der Waals surface area (Å²) in [4.78, 5) is 0. The molecule has 108 heavy (non-hydrogen) atoms. The van der Waals surface area contributed by atoms with E-state index in [0.29, 0.717) is 24.2 Å². The second-order valence-electron chi connectivity index (χ2n) is 22.3. The summed E-state index contributed by atoms with van der Waals surface area (Å²) in [5.41, 5.74) is 0. The van der Waals surface area contributed by atoms with E-state index < -0.39 is 99.7 Å². The Morgan fingerprint density at radius 3 is 0.556 bits per heavy atom. The van der Waals surface area contributed by atoms with Crippen molar-refractivity contribution in [3.05, 3.63) is 65.3 Å². The molecule has 28 nitrogen and oxygen atoms in total. The Bertz CT molecular complexity index is 1890. The molecule has 0 saturated carbocycles. The van der Waals surface area contributed by atoms with Gasteiger partial charge in [-0.2, -0.15) is 117 Å². The Kier molecular flexibility index (Phi) is 64.8. The summed E-state index contributed by atoms with van der Waals surface area (Å²) in [6.07, 6.45) is -40.8. The number of aliphatic hydroxyl groups excluding tert-OH is 8. The summed E-state index contributed by atoms with van der Waals surface area (Å²) in [5.74, 6) is 0. The van der Waals surface area contributed by atoms with Gasteiger partial charge in [0.05, 0.1) is 0 Å². The molecule has 0 bridgehead atoms. The van der Waals surface area contributed by atoms with Gasteiger partial charge < -0.3 is 146 Å². The Morgan fingerprint density at radius 1 is 0.250 bits per heavy atom. The van der Waals surface area contributed by atoms with Gasteiger partial charge in [0.1, 0.15) is 0 Å². The van der Waals surface area contributed by atoms with Gasteiger partial charge in [-0.3, -0.25) is 12.3 Å². The summed E-state index contributed by atoms with van der Waals surface area (Å²) < 4.78 is 256. The molecule has 0 aromatic carbocycles. The molecule has 7 saturated heterocycles. The largest absolute Gasteiger partial charge is 2.00 e. The maximum Gasteiger partial charge on any atom is 2.00 e. The fourth-order valence-corrected chi connectivity index (χ4v) is 8.64. The second-order valence-corrected chi connectivity index (χ2v) is 22.3. The van der Waals surface area contributed by atoms with E-state index in [2.05, 4.69) is 22.8 Å². The van der Waals surface area contributed by atoms with Crippen molar-refractivity contribution in [2.75, 3.05) is 39.3 Å². The van der Waals surface area contributed by atoms with E-state index in [-0.39, 0.29) is 160 Å². The number of hydrogen-bond acceptors (Lipinski definition) is 18. The molecule has 8 aliphatic heterocycles. The van der Waals surface area contributed by atoms with Gasteiger partial charge >= 0.3 is 105 Å². The maximum absolute atomic E-state index is 10.7. The van der Waals surface area contributed by atoms with Crippen LogP contribution in [0.2, 0.25) is 0 Å². The molecule has 0 aliphatic carbocycles. The zero-order valence-electron chi connectivity index (χ0n) is 56.8. The first-order chi connectivity index (χ1) is 47.3. The standard InChI is InChI=1S/C18H31N6.C18H29N6.8C2H3F3O2.4Hg/c2*1-4-10-19-13(7-1)16-22-17(14-8-2-5-11-20-14)24-18(23-16)15-9-3-6-12-21-15;8*3-2(4,5)1(6)7;;;;/h13-18,22H,1-12H2;1,4,13-18,24H,2-3,5-12H2;8*1,6-7H;;;;/q2*-5;;;;;;;;;;;2*+2. The number of halogens is 24. The number of nitrogens with zero attached hydrogens (tertiary/aromatic N) is 10. The van der Waals surface area contributed by atoms with Crippen molar-refractivity contribution in [2.45, 2.75) is 276 Å². The molecule has 56 heteroatoms. The van der Waals surface area contributed by atoms with Crippen LogP contribution in [0.4, 0.5) is 105 Å². The zero-order chi connectivity index (χ0) is 81.0. The van der Waals surface area contributed by atoms with Crippen LogP contribution in [0.3, 0.4) is 0 Å². The third-order valence-corrected chi connectivity index (χ3v) is 13.8. The monoisotopic (exact) mass is 2400 g/mol. The fraction of sp³-hybridized carbons (Fsp3) is 0.962. The van der Waals surface area contributed by atoms with Crippen LogP contribution in [-0.2, 0) is 111 Å². The van der Waals surface area contributed by atoms with Crippen molar-refractivity contribution in [3.8, 4) is 0 Å². The van der Waals surface area contributed by atoms with Gasteiger partial charge in [0.2, 0.25) is 0 Å². The van der Waals surface area contributed by atoms with E-state index >= 15 is 0 Å². The molecule has 7 fully saturated rings. The minimum Gasteiger partial charge on any atom is -0.665 e. The first-order valence-corrected chi connectivity index (χ1v) is 30.7. The molecule has 0 aromatic rings. The molecule has 8 aliphatic rings. The molecule has 10 unspecified atom stereocenters. The molecule has 0 aromatic heterocycles. The Morgan fingerprint density at radius 2 is 0.417 bits per heavy atom. The van der Waals surface area contributed by atoms with Crippen LogP contribution in [0.15, 0.2) is 12.2 Å². The molecular formula is C52H84F24Hg4N12O16-6. The smallest absolute Gasteiger partial charge is 0.665 e. The molecule has 0 amide bonds. The third kappa shape index (κ3) is 56.9. The van der Waals surface area contributed by atoms with Gasteiger partial charge in [0, 0.05) is 55.3 Å². The van der Waals surface area contributed by atoms with E-state index in [0.717, 1.165) is 77.8 Å². The quantitative estimate of drug-likeness (QED) is 0.0560. The number of nitrogens with one attached hydrogen (secondary N) is 2. The van der Waals surface area contributed by atoms with Crippen molar-refractivity contribution in [1.29, 1.82) is 0 Å². The SMILES string of the molecule is C1=CCC(C2[N-]C(C3CCCC[N-]3)NC(C3CCCC[N-]3)[N-]2)[N-]C1.C1CCC(C2[N-]C(C3CCCC[N-]3)NC(C3CCCC[N-]3)[N-]2)[N-]C1.OC(O)C(F)(F)F.OC(O)C(F)(F)F.OC(O)C(F)(F)F.OC(O)C(F)(F)F.OC(O)C(F)(F)F.OC(O)C(F)(F)F.OC(O)C(F)(F)F.OC(O)C(F)(F)F.[Hg+2].[Hg+2].[Hg].[Hg]. The maximum atomic E-state index is 10.7. The molecule has 18 N–H and O–H groups in total. The fourth-order valence-electron chi connectivity index (χ4n) is 8.64. The summed E-state index contributed by atoms with van der Waals surface area (Å²) in [6.45, 7) is 5.73. The van der Waals surface area contributed by atoms with Crippen LogP contribution in [0.25, 0.3) is 53.2 Å². The summed E-state index contributed by atoms with van der Waals surface area (Å²) >= 11 is 0. The van der Waals surface area contributed by atoms with E-state index in [1.54, 1.807) is 0 Å². The Hall–Kier alpha value is 0.680. The average molecular weight is 2390 g/mol. The minimum absolute atomic E-state index is 0. The van der Waals surface area contributed by atoms with Crippen molar-refractivity contribution in [3.63, 3.8) is 0 Å². The van der Waals surface area contributed by atoms with Gasteiger partial charge in [-0.05, 0) is 0 Å². The van der Waals surface area contributed by atoms with Crippen molar-refractivity contribution in [2.24, 2.45) is 0 Å². The Labute approximate surface area is 683 Å². The number of rotatable bonds is 6. The Balaban J connectivity index is -0.000000285. The number of aliphatic hydroxyl groups is 16. The summed E-state index contributed by atoms with van der Waals surface area (Å²) in [7, 11) is 0. The van der Waals surface area contributed by atoms with Gasteiger partial charge in [-0.1, -0.05) is 109 Å². The second kappa shape index (κ2) is 58.5. The molecule has 10 atom stereocenters. The zero-order valence-corrected chi connectivity index (χ0v) is 78.8. The number of hydrogen-bond donors (Lipinski definition) is 18. The first-order valence-electron chi connectivity index (χ1n) is 30.7. The first kappa shape index (κ1) is 120. The molecule has 0 radical (unpaired) electrons. The van der Waals surface area contributed by atoms with Crippen LogP contribution >= 0.6 is 0 Å². The number of alkyl halides is 24. The molecular weight excluding hydrogens is 2310 g/mol. The van der Waals surface area contributed by atoms with E-state index in [4.69, 9.17) is 135 Å². The van der Waals surface area contributed by atoms with Crippen molar-refractivity contribution in [1.82, 2.24) is 10.6 Å². The van der Waals surface area contributed by atoms with Crippen LogP contribution < -0.4 is 10.6 Å². The van der Waals surface area contributed by atoms with Crippen LogP contribution in [-0.4, -0.2) is 294 Å². The van der Waals surface area contributed by atoms with E-state index in [1.165, 1.54) is 64.2 Å². The van der Waals surface area contributed by atoms with Gasteiger partial charge in [-0.25, -0.2) is 0 Å². The molecule has 0 spiro atoms. The number of piperidine rings is 5. The van der Waals surface area contributed by atoms with Gasteiger partial charge in [0.25, 0.3) is 50.3 Å². The van der Waals surface area contributed by atoms with Crippen LogP contribution in [0, 0.1) is 0 Å².